The van der Waals surface area contributed by atoms with Gasteiger partial charge in [0, 0.05) is 29.7 Å². The Balaban J connectivity index is 2.35. The summed E-state index contributed by atoms with van der Waals surface area (Å²) in [4.78, 5) is 20.5. The molecule has 1 aliphatic rings. The summed E-state index contributed by atoms with van der Waals surface area (Å²) in [6.07, 6.45) is 12.1. The second kappa shape index (κ2) is 7.46. The first kappa shape index (κ1) is 15.8. The first-order valence-corrected chi connectivity index (χ1v) is 7.28. The van der Waals surface area contributed by atoms with Crippen LogP contribution in [0.2, 0.25) is 0 Å². The first-order valence-electron chi connectivity index (χ1n) is 7.28. The number of carbonyl (C=O) groups is 1. The number of hydrogen-bond acceptors (Lipinski definition) is 3. The predicted molar refractivity (Wildman–Crippen MR) is 91.5 cm³/mol. The number of rotatable bonds is 4. The molecule has 0 aromatic carbocycles. The quantitative estimate of drug-likeness (QED) is 0.475. The van der Waals surface area contributed by atoms with Crippen molar-refractivity contribution < 1.29 is 4.79 Å². The SMILES string of the molecule is C=CC(=C\N=C)/C=C1\CC(C)C/C(=C\c2cccnc2)C1=O. The summed E-state index contributed by atoms with van der Waals surface area (Å²) >= 11 is 0. The van der Waals surface area contributed by atoms with Crippen LogP contribution in [-0.4, -0.2) is 17.5 Å². The lowest BCUT2D eigenvalue weighted by Crippen LogP contribution is -2.18. The van der Waals surface area contributed by atoms with Gasteiger partial charge < -0.3 is 0 Å². The fraction of sp³-hybridized carbons (Fsp3) is 0.211. The van der Waals surface area contributed by atoms with Crippen molar-refractivity contribution in [3.8, 4) is 0 Å². The molecule has 0 saturated heterocycles. The average molecular weight is 292 g/mol. The van der Waals surface area contributed by atoms with E-state index in [2.05, 4.69) is 30.2 Å². The molecule has 1 heterocycles. The van der Waals surface area contributed by atoms with Crippen LogP contribution in [0, 0.1) is 5.92 Å². The number of aliphatic imine (C=N–C) groups is 1. The topological polar surface area (TPSA) is 42.3 Å². The molecule has 0 spiro atoms. The van der Waals surface area contributed by atoms with Crippen molar-refractivity contribution in [2.75, 3.05) is 0 Å². The number of Topliss-reactive ketones (excluding diaryl/α,β-unsaturated/α-hetero) is 1. The highest BCUT2D eigenvalue weighted by Gasteiger charge is 2.25. The molecule has 3 heteroatoms. The summed E-state index contributed by atoms with van der Waals surface area (Å²) in [5.41, 5.74) is 3.37. The van der Waals surface area contributed by atoms with E-state index in [1.54, 1.807) is 24.7 Å². The second-order valence-electron chi connectivity index (χ2n) is 5.48. The zero-order valence-electron chi connectivity index (χ0n) is 12.8. The van der Waals surface area contributed by atoms with Gasteiger partial charge in [-0.3, -0.25) is 14.8 Å². The van der Waals surface area contributed by atoms with E-state index >= 15 is 0 Å². The largest absolute Gasteiger partial charge is 0.289 e. The Morgan fingerprint density at radius 3 is 2.82 bits per heavy atom. The molecule has 1 aromatic heterocycles. The minimum Gasteiger partial charge on any atom is -0.289 e. The fourth-order valence-corrected chi connectivity index (χ4v) is 2.58. The molecule has 1 fully saturated rings. The predicted octanol–water partition coefficient (Wildman–Crippen LogP) is 4.16. The zero-order chi connectivity index (χ0) is 15.9. The van der Waals surface area contributed by atoms with Crippen LogP contribution in [0.4, 0.5) is 0 Å². The van der Waals surface area contributed by atoms with Crippen molar-refractivity contribution in [2.45, 2.75) is 19.8 Å². The standard InChI is InChI=1S/C19H20N2O/c1-4-15(12-20-3)10-17-8-14(2)9-18(19(17)22)11-16-6-5-7-21-13-16/h4-7,10-14H,1,3,8-9H2,2H3/b15-12+,17-10+,18-11+. The normalized spacial score (nSPS) is 22.9. The molecule has 0 N–H and O–H groups in total. The summed E-state index contributed by atoms with van der Waals surface area (Å²) < 4.78 is 0. The fourth-order valence-electron chi connectivity index (χ4n) is 2.58. The molecule has 1 aliphatic carbocycles. The second-order valence-corrected chi connectivity index (χ2v) is 5.48. The summed E-state index contributed by atoms with van der Waals surface area (Å²) in [5, 5.41) is 0. The number of aromatic nitrogens is 1. The highest BCUT2D eigenvalue weighted by molar-refractivity contribution is 6.12. The van der Waals surface area contributed by atoms with Crippen molar-refractivity contribution in [1.82, 2.24) is 4.98 Å². The Morgan fingerprint density at radius 2 is 2.18 bits per heavy atom. The third-order valence-electron chi connectivity index (χ3n) is 3.56. The molecule has 0 radical (unpaired) electrons. The van der Waals surface area contributed by atoms with Gasteiger partial charge in [0.2, 0.25) is 0 Å². The van der Waals surface area contributed by atoms with E-state index in [-0.39, 0.29) is 5.78 Å². The van der Waals surface area contributed by atoms with Gasteiger partial charge in [-0.1, -0.05) is 25.6 Å². The monoisotopic (exact) mass is 292 g/mol. The summed E-state index contributed by atoms with van der Waals surface area (Å²) in [5.74, 6) is 0.522. The van der Waals surface area contributed by atoms with E-state index in [4.69, 9.17) is 0 Å². The maximum atomic E-state index is 12.7. The highest BCUT2D eigenvalue weighted by Crippen LogP contribution is 2.31. The van der Waals surface area contributed by atoms with Crippen molar-refractivity contribution in [2.24, 2.45) is 10.9 Å². The summed E-state index contributed by atoms with van der Waals surface area (Å²) in [7, 11) is 0. The molecule has 1 unspecified atom stereocenters. The molecule has 0 amide bonds. The lowest BCUT2D eigenvalue weighted by atomic mass is 9.81. The van der Waals surface area contributed by atoms with Crippen molar-refractivity contribution >= 4 is 18.6 Å². The van der Waals surface area contributed by atoms with Crippen LogP contribution in [0.5, 0.6) is 0 Å². The smallest absolute Gasteiger partial charge is 0.185 e. The highest BCUT2D eigenvalue weighted by atomic mass is 16.1. The maximum absolute atomic E-state index is 12.7. The van der Waals surface area contributed by atoms with Crippen molar-refractivity contribution in [1.29, 1.82) is 0 Å². The lowest BCUT2D eigenvalue weighted by Gasteiger charge is -2.22. The summed E-state index contributed by atoms with van der Waals surface area (Å²) in [6, 6.07) is 3.82. The van der Waals surface area contributed by atoms with E-state index in [0.717, 1.165) is 35.1 Å². The van der Waals surface area contributed by atoms with E-state index < -0.39 is 0 Å². The number of pyridine rings is 1. The molecule has 112 valence electrons. The maximum Gasteiger partial charge on any atom is 0.185 e. The van der Waals surface area contributed by atoms with Crippen LogP contribution < -0.4 is 0 Å². The van der Waals surface area contributed by atoms with Crippen molar-refractivity contribution in [3.05, 3.63) is 71.7 Å². The molecular weight excluding hydrogens is 272 g/mol. The average Bonchev–Trinajstić information content (AvgIpc) is 2.52. The third-order valence-corrected chi connectivity index (χ3v) is 3.56. The minimum absolute atomic E-state index is 0.0961. The van der Waals surface area contributed by atoms with Crippen LogP contribution in [0.1, 0.15) is 25.3 Å². The Labute approximate surface area is 131 Å². The van der Waals surface area contributed by atoms with Gasteiger partial charge in [-0.15, -0.1) is 0 Å². The van der Waals surface area contributed by atoms with Gasteiger partial charge >= 0.3 is 0 Å². The van der Waals surface area contributed by atoms with E-state index in [9.17, 15) is 4.79 Å². The number of allylic oxidation sites excluding steroid dienone is 5. The van der Waals surface area contributed by atoms with Crippen LogP contribution in [0.25, 0.3) is 6.08 Å². The number of hydrogen-bond donors (Lipinski definition) is 0. The minimum atomic E-state index is 0.0961. The molecule has 3 nitrogen and oxygen atoms in total. The van der Waals surface area contributed by atoms with Crippen LogP contribution in [0.3, 0.4) is 0 Å². The van der Waals surface area contributed by atoms with E-state index in [1.807, 2.05) is 24.3 Å². The van der Waals surface area contributed by atoms with Gasteiger partial charge in [-0.2, -0.15) is 0 Å². The Kier molecular flexibility index (Phi) is 5.37. The Morgan fingerprint density at radius 1 is 1.41 bits per heavy atom. The van der Waals surface area contributed by atoms with Gasteiger partial charge in [0.15, 0.2) is 5.78 Å². The number of nitrogens with zero attached hydrogens (tertiary/aromatic N) is 2. The number of ketones is 1. The van der Waals surface area contributed by atoms with Gasteiger partial charge in [0.05, 0.1) is 0 Å². The van der Waals surface area contributed by atoms with Gasteiger partial charge in [-0.25, -0.2) is 0 Å². The molecule has 1 aromatic rings. The zero-order valence-corrected chi connectivity index (χ0v) is 12.8. The van der Waals surface area contributed by atoms with Gasteiger partial charge in [-0.05, 0) is 54.8 Å². The molecule has 0 aliphatic heterocycles. The molecular formula is C19H20N2O. The Hall–Kier alpha value is -2.55. The van der Waals surface area contributed by atoms with E-state index in [0.29, 0.717) is 5.92 Å². The summed E-state index contributed by atoms with van der Waals surface area (Å²) in [6.45, 7) is 9.33. The Bertz CT molecular complexity index is 666. The number of carbonyl (C=O) groups excluding carboxylic acids is 1. The van der Waals surface area contributed by atoms with Crippen LogP contribution in [0.15, 0.2) is 71.2 Å². The van der Waals surface area contributed by atoms with Crippen LogP contribution in [-0.2, 0) is 4.79 Å². The lowest BCUT2D eigenvalue weighted by molar-refractivity contribution is -0.113. The molecule has 0 bridgehead atoms. The van der Waals surface area contributed by atoms with Crippen LogP contribution >= 0.6 is 0 Å². The van der Waals surface area contributed by atoms with Crippen molar-refractivity contribution in [3.63, 3.8) is 0 Å². The third kappa shape index (κ3) is 3.98. The molecule has 1 atom stereocenters. The molecule has 1 saturated carbocycles. The van der Waals surface area contributed by atoms with Gasteiger partial charge in [0.1, 0.15) is 0 Å². The molecule has 22 heavy (non-hydrogen) atoms. The van der Waals surface area contributed by atoms with E-state index in [1.165, 1.54) is 0 Å². The molecule has 2 rings (SSSR count). The van der Waals surface area contributed by atoms with Gasteiger partial charge in [0.25, 0.3) is 0 Å². The first-order chi connectivity index (χ1) is 10.6.